The molecule has 0 bridgehead atoms. The molecule has 1 heterocycles. The van der Waals surface area contributed by atoms with Crippen molar-refractivity contribution in [2.75, 3.05) is 0 Å². The Morgan fingerprint density at radius 3 is 2.47 bits per heavy atom. The zero-order valence-electron chi connectivity index (χ0n) is 9.06. The largest absolute Gasteiger partial charge is 0.300 e. The van der Waals surface area contributed by atoms with E-state index in [1.165, 1.54) is 4.70 Å². The van der Waals surface area contributed by atoms with Crippen molar-refractivity contribution in [3.8, 4) is 0 Å². The van der Waals surface area contributed by atoms with Gasteiger partial charge in [-0.15, -0.1) is 11.3 Å². The number of rotatable bonds is 2. The van der Waals surface area contributed by atoms with Gasteiger partial charge in [0.05, 0.1) is 15.7 Å². The van der Waals surface area contributed by atoms with Gasteiger partial charge >= 0.3 is 0 Å². The molecule has 2 rings (SSSR count). The molecule has 80 valence electrons. The third kappa shape index (κ3) is 3.80. The van der Waals surface area contributed by atoms with Gasteiger partial charge in [-0.05, 0) is 12.1 Å². The van der Waals surface area contributed by atoms with Crippen LogP contribution >= 0.6 is 11.3 Å². The molecular weight excluding hydrogens is 206 g/mol. The van der Waals surface area contributed by atoms with Crippen molar-refractivity contribution in [1.29, 1.82) is 0 Å². The highest BCUT2D eigenvalue weighted by molar-refractivity contribution is 7.16. The Morgan fingerprint density at radius 1 is 1.27 bits per heavy atom. The van der Waals surface area contributed by atoms with Crippen LogP contribution in [0.2, 0.25) is 0 Å². The summed E-state index contributed by atoms with van der Waals surface area (Å²) in [5.74, 6) is 0.343. The Hall–Kier alpha value is -1.22. The quantitative estimate of drug-likeness (QED) is 0.774. The zero-order chi connectivity index (χ0) is 11.1. The van der Waals surface area contributed by atoms with Crippen LogP contribution < -0.4 is 0 Å². The second-order valence-electron chi connectivity index (χ2n) is 3.07. The van der Waals surface area contributed by atoms with Crippen LogP contribution in [0.5, 0.6) is 0 Å². The molecule has 2 nitrogen and oxygen atoms in total. The Labute approximate surface area is 94.0 Å². The van der Waals surface area contributed by atoms with E-state index in [0.717, 1.165) is 5.52 Å². The molecule has 1 aromatic carbocycles. The van der Waals surface area contributed by atoms with E-state index in [-0.39, 0.29) is 0 Å². The summed E-state index contributed by atoms with van der Waals surface area (Å²) in [6.07, 6.45) is 1.38. The molecule has 0 aliphatic carbocycles. The number of para-hydroxylation sites is 1. The predicted molar refractivity (Wildman–Crippen MR) is 65.2 cm³/mol. The number of hydrogen-bond acceptors (Lipinski definition) is 3. The molecule has 0 unspecified atom stereocenters. The predicted octanol–water partition coefficient (Wildman–Crippen LogP) is 3.67. The third-order valence-electron chi connectivity index (χ3n) is 2.03. The Morgan fingerprint density at radius 2 is 1.93 bits per heavy atom. The number of hydrogen-bond donors (Lipinski definition) is 0. The van der Waals surface area contributed by atoms with Gasteiger partial charge in [0, 0.05) is 12.8 Å². The first-order valence-electron chi connectivity index (χ1n) is 5.07. The highest BCUT2D eigenvalue weighted by Crippen LogP contribution is 2.15. The summed E-state index contributed by atoms with van der Waals surface area (Å²) in [5.41, 5.74) is 2.97. The molecule has 0 atom stereocenters. The number of nitrogens with zero attached hydrogens (tertiary/aromatic N) is 1. The summed E-state index contributed by atoms with van der Waals surface area (Å²) in [5, 5.41) is 0. The molecule has 0 spiro atoms. The Kier molecular flexibility index (Phi) is 4.98. The van der Waals surface area contributed by atoms with E-state index in [2.05, 4.69) is 11.1 Å². The van der Waals surface area contributed by atoms with Crippen LogP contribution in [0.1, 0.15) is 26.7 Å². The van der Waals surface area contributed by atoms with Crippen molar-refractivity contribution in [3.05, 3.63) is 29.8 Å². The standard InChI is InChI=1S/C7H5NS.C5H10O/c1-2-4-7-6(3-1)8-5-9-7;1-3-5(6)4-2/h1-5H;3-4H2,1-2H3. The lowest BCUT2D eigenvalue weighted by Crippen LogP contribution is -1.88. The lowest BCUT2D eigenvalue weighted by molar-refractivity contribution is -0.118. The van der Waals surface area contributed by atoms with Gasteiger partial charge in [-0.3, -0.25) is 4.79 Å². The van der Waals surface area contributed by atoms with Crippen molar-refractivity contribution >= 4 is 27.3 Å². The summed E-state index contributed by atoms with van der Waals surface area (Å²) in [6.45, 7) is 3.76. The van der Waals surface area contributed by atoms with Gasteiger partial charge in [0.15, 0.2) is 0 Å². The van der Waals surface area contributed by atoms with Gasteiger partial charge in [0.1, 0.15) is 5.78 Å². The molecule has 3 heteroatoms. The van der Waals surface area contributed by atoms with Crippen LogP contribution in [0.3, 0.4) is 0 Å². The summed E-state index contributed by atoms with van der Waals surface area (Å²) in [7, 11) is 0. The molecule has 0 amide bonds. The number of Topliss-reactive ketones (excluding diaryl/α,β-unsaturated/α-hetero) is 1. The van der Waals surface area contributed by atoms with Crippen LogP contribution in [-0.4, -0.2) is 10.8 Å². The Balaban J connectivity index is 0.000000167. The molecule has 0 aliphatic rings. The maximum Gasteiger partial charge on any atom is 0.132 e. The van der Waals surface area contributed by atoms with Gasteiger partial charge in [-0.2, -0.15) is 0 Å². The highest BCUT2D eigenvalue weighted by atomic mass is 32.1. The molecule has 2 aromatic rings. The SMILES string of the molecule is CCC(=O)CC.c1ccc2scnc2c1. The van der Waals surface area contributed by atoms with Crippen LogP contribution in [-0.2, 0) is 4.79 Å². The first-order valence-corrected chi connectivity index (χ1v) is 5.95. The fraction of sp³-hybridized carbons (Fsp3) is 0.333. The smallest absolute Gasteiger partial charge is 0.132 e. The molecule has 0 saturated carbocycles. The number of benzene rings is 1. The van der Waals surface area contributed by atoms with Gasteiger partial charge in [-0.1, -0.05) is 26.0 Å². The molecule has 1 aromatic heterocycles. The van der Waals surface area contributed by atoms with Crippen molar-refractivity contribution < 1.29 is 4.79 Å². The number of thiazole rings is 1. The van der Waals surface area contributed by atoms with Crippen molar-refractivity contribution in [2.24, 2.45) is 0 Å². The lowest BCUT2D eigenvalue weighted by atomic mass is 10.3. The minimum atomic E-state index is 0.343. The van der Waals surface area contributed by atoms with Crippen LogP contribution in [0.4, 0.5) is 0 Å². The number of carbonyl (C=O) groups is 1. The number of fused-ring (bicyclic) bond motifs is 1. The highest BCUT2D eigenvalue weighted by Gasteiger charge is 1.89. The molecule has 15 heavy (non-hydrogen) atoms. The number of carbonyl (C=O) groups excluding carboxylic acids is 1. The third-order valence-corrected chi connectivity index (χ3v) is 2.84. The first kappa shape index (κ1) is 11.9. The Bertz CT molecular complexity index is 386. The van der Waals surface area contributed by atoms with Crippen molar-refractivity contribution in [1.82, 2.24) is 4.98 Å². The first-order chi connectivity index (χ1) is 7.27. The second kappa shape index (κ2) is 6.30. The lowest BCUT2D eigenvalue weighted by Gasteiger charge is -1.81. The van der Waals surface area contributed by atoms with E-state index >= 15 is 0 Å². The summed E-state index contributed by atoms with van der Waals surface area (Å²) >= 11 is 1.68. The van der Waals surface area contributed by atoms with Gasteiger partial charge in [0.25, 0.3) is 0 Å². The van der Waals surface area contributed by atoms with E-state index in [9.17, 15) is 4.79 Å². The van der Waals surface area contributed by atoms with Crippen LogP contribution in [0.15, 0.2) is 29.8 Å². The molecule has 0 aliphatic heterocycles. The van der Waals surface area contributed by atoms with E-state index in [1.807, 2.05) is 37.6 Å². The van der Waals surface area contributed by atoms with E-state index in [1.54, 1.807) is 11.3 Å². The summed E-state index contributed by atoms with van der Waals surface area (Å²) in [6, 6.07) is 8.13. The molecule has 0 saturated heterocycles. The second-order valence-corrected chi connectivity index (χ2v) is 3.95. The molecule has 0 radical (unpaired) electrons. The number of ketones is 1. The molecule has 0 N–H and O–H groups in total. The van der Waals surface area contributed by atoms with Gasteiger partial charge in [0.2, 0.25) is 0 Å². The maximum absolute atomic E-state index is 10.2. The average molecular weight is 221 g/mol. The maximum atomic E-state index is 10.2. The average Bonchev–Trinajstić information content (AvgIpc) is 2.76. The van der Waals surface area contributed by atoms with E-state index in [4.69, 9.17) is 0 Å². The monoisotopic (exact) mass is 221 g/mol. The summed E-state index contributed by atoms with van der Waals surface area (Å²) in [4.78, 5) is 14.3. The van der Waals surface area contributed by atoms with Crippen LogP contribution in [0, 0.1) is 0 Å². The zero-order valence-corrected chi connectivity index (χ0v) is 9.88. The van der Waals surface area contributed by atoms with Crippen molar-refractivity contribution in [2.45, 2.75) is 26.7 Å². The molecular formula is C12H15NOS. The summed E-state index contributed by atoms with van der Waals surface area (Å²) < 4.78 is 1.26. The fourth-order valence-electron chi connectivity index (χ4n) is 1.05. The van der Waals surface area contributed by atoms with Crippen molar-refractivity contribution in [3.63, 3.8) is 0 Å². The number of aromatic nitrogens is 1. The van der Waals surface area contributed by atoms with Crippen LogP contribution in [0.25, 0.3) is 10.2 Å². The van der Waals surface area contributed by atoms with Gasteiger partial charge in [-0.25, -0.2) is 4.98 Å². The van der Waals surface area contributed by atoms with Gasteiger partial charge < -0.3 is 0 Å². The van der Waals surface area contributed by atoms with E-state index < -0.39 is 0 Å². The molecule has 0 fully saturated rings. The fourth-order valence-corrected chi connectivity index (χ4v) is 1.73. The minimum Gasteiger partial charge on any atom is -0.300 e. The van der Waals surface area contributed by atoms with E-state index in [0.29, 0.717) is 18.6 Å². The normalized spacial score (nSPS) is 9.47. The topological polar surface area (TPSA) is 30.0 Å². The minimum absolute atomic E-state index is 0.343.